The molecule has 17 heavy (non-hydrogen) atoms. The zero-order valence-electron chi connectivity index (χ0n) is 10.1. The van der Waals surface area contributed by atoms with Crippen molar-refractivity contribution in [2.75, 3.05) is 7.11 Å². The van der Waals surface area contributed by atoms with Crippen molar-refractivity contribution >= 4 is 10.9 Å². The Bertz CT molecular complexity index is 514. The maximum atomic E-state index is 5.23. The van der Waals surface area contributed by atoms with E-state index in [4.69, 9.17) is 4.74 Å². The van der Waals surface area contributed by atoms with Gasteiger partial charge in [0.05, 0.1) is 5.52 Å². The molecule has 0 unspecified atom stereocenters. The molecule has 3 heteroatoms. The first-order chi connectivity index (χ1) is 8.38. The van der Waals surface area contributed by atoms with Gasteiger partial charge in [0.1, 0.15) is 6.73 Å². The van der Waals surface area contributed by atoms with Gasteiger partial charge < -0.3 is 14.6 Å². The molecule has 0 amide bonds. The minimum atomic E-state index is 0.615. The van der Waals surface area contributed by atoms with Crippen molar-refractivity contribution in [2.24, 2.45) is 0 Å². The summed E-state index contributed by atoms with van der Waals surface area (Å²) >= 11 is 0. The van der Waals surface area contributed by atoms with Crippen LogP contribution in [0.1, 0.15) is 18.4 Å². The van der Waals surface area contributed by atoms with Crippen molar-refractivity contribution in [3.63, 3.8) is 0 Å². The highest BCUT2D eigenvalue weighted by molar-refractivity contribution is 5.83. The van der Waals surface area contributed by atoms with Crippen LogP contribution in [0.3, 0.4) is 0 Å². The Morgan fingerprint density at radius 3 is 2.94 bits per heavy atom. The highest BCUT2D eigenvalue weighted by atomic mass is 16.5. The van der Waals surface area contributed by atoms with Gasteiger partial charge in [-0.15, -0.1) is 0 Å². The fourth-order valence-electron chi connectivity index (χ4n) is 2.25. The molecule has 0 aliphatic heterocycles. The van der Waals surface area contributed by atoms with Crippen LogP contribution in [-0.4, -0.2) is 17.7 Å². The molecular formula is C14H18N2O. The summed E-state index contributed by atoms with van der Waals surface area (Å²) in [7, 11) is 1.73. The summed E-state index contributed by atoms with van der Waals surface area (Å²) in [5.41, 5.74) is 2.62. The zero-order chi connectivity index (χ0) is 11.7. The van der Waals surface area contributed by atoms with Crippen molar-refractivity contribution in [3.05, 3.63) is 36.0 Å². The first kappa shape index (κ1) is 10.8. The number of rotatable bonds is 5. The average molecular weight is 230 g/mol. The summed E-state index contributed by atoms with van der Waals surface area (Å²) in [6.07, 6.45) is 4.86. The molecule has 1 aliphatic rings. The standard InChI is InChI=1S/C14H18N2O/c1-17-10-16-9-11(8-15-12-6-7-12)13-4-2-3-5-14(13)16/h2-5,9,12,15H,6-8,10H2,1H3. The Hall–Kier alpha value is -1.32. The van der Waals surface area contributed by atoms with E-state index in [1.807, 2.05) is 0 Å². The highest BCUT2D eigenvalue weighted by Gasteiger charge is 2.20. The monoisotopic (exact) mass is 230 g/mol. The molecule has 1 aromatic heterocycles. The van der Waals surface area contributed by atoms with E-state index in [0.29, 0.717) is 6.73 Å². The molecule has 1 aliphatic carbocycles. The maximum Gasteiger partial charge on any atom is 0.122 e. The van der Waals surface area contributed by atoms with Gasteiger partial charge in [-0.05, 0) is 24.5 Å². The molecule has 0 atom stereocenters. The van der Waals surface area contributed by atoms with Crippen molar-refractivity contribution in [3.8, 4) is 0 Å². The van der Waals surface area contributed by atoms with Crippen LogP contribution >= 0.6 is 0 Å². The first-order valence-corrected chi connectivity index (χ1v) is 6.17. The lowest BCUT2D eigenvalue weighted by Gasteiger charge is -2.01. The third-order valence-electron chi connectivity index (χ3n) is 3.30. The van der Waals surface area contributed by atoms with Gasteiger partial charge in [-0.1, -0.05) is 18.2 Å². The van der Waals surface area contributed by atoms with Crippen molar-refractivity contribution in [2.45, 2.75) is 32.2 Å². The molecule has 0 radical (unpaired) electrons. The van der Waals surface area contributed by atoms with Crippen LogP contribution < -0.4 is 5.32 Å². The van der Waals surface area contributed by atoms with E-state index in [1.54, 1.807) is 7.11 Å². The summed E-state index contributed by atoms with van der Waals surface area (Å²) < 4.78 is 7.40. The SMILES string of the molecule is COCn1cc(CNC2CC2)c2ccccc21. The van der Waals surface area contributed by atoms with Gasteiger partial charge >= 0.3 is 0 Å². The number of fused-ring (bicyclic) bond motifs is 1. The van der Waals surface area contributed by atoms with Crippen LogP contribution in [-0.2, 0) is 18.0 Å². The molecular weight excluding hydrogens is 212 g/mol. The largest absolute Gasteiger partial charge is 0.364 e. The smallest absolute Gasteiger partial charge is 0.122 e. The minimum absolute atomic E-state index is 0.615. The van der Waals surface area contributed by atoms with Gasteiger partial charge in [0.25, 0.3) is 0 Å². The second kappa shape index (κ2) is 4.51. The molecule has 1 fully saturated rings. The van der Waals surface area contributed by atoms with Crippen molar-refractivity contribution in [1.29, 1.82) is 0 Å². The predicted molar refractivity (Wildman–Crippen MR) is 68.8 cm³/mol. The lowest BCUT2D eigenvalue weighted by Crippen LogP contribution is -2.14. The van der Waals surface area contributed by atoms with Crippen molar-refractivity contribution < 1.29 is 4.74 Å². The zero-order valence-corrected chi connectivity index (χ0v) is 10.1. The van der Waals surface area contributed by atoms with E-state index in [9.17, 15) is 0 Å². The van der Waals surface area contributed by atoms with Gasteiger partial charge in [-0.2, -0.15) is 0 Å². The summed E-state index contributed by atoms with van der Waals surface area (Å²) in [6.45, 7) is 1.58. The summed E-state index contributed by atoms with van der Waals surface area (Å²) in [4.78, 5) is 0. The number of aromatic nitrogens is 1. The van der Waals surface area contributed by atoms with Crippen LogP contribution in [0.4, 0.5) is 0 Å². The van der Waals surface area contributed by atoms with E-state index >= 15 is 0 Å². The van der Waals surface area contributed by atoms with E-state index in [0.717, 1.165) is 12.6 Å². The van der Waals surface area contributed by atoms with E-state index in [2.05, 4.69) is 40.3 Å². The fourth-order valence-corrected chi connectivity index (χ4v) is 2.25. The van der Waals surface area contributed by atoms with Crippen LogP contribution in [0, 0.1) is 0 Å². The fraction of sp³-hybridized carbons (Fsp3) is 0.429. The quantitative estimate of drug-likeness (QED) is 0.854. The third-order valence-corrected chi connectivity index (χ3v) is 3.30. The van der Waals surface area contributed by atoms with E-state index in [1.165, 1.54) is 29.3 Å². The molecule has 3 nitrogen and oxygen atoms in total. The number of nitrogens with one attached hydrogen (secondary N) is 1. The van der Waals surface area contributed by atoms with Gasteiger partial charge in [0, 0.05) is 31.3 Å². The summed E-state index contributed by atoms with van der Waals surface area (Å²) in [5.74, 6) is 0. The van der Waals surface area contributed by atoms with Crippen LogP contribution in [0.2, 0.25) is 0 Å². The second-order valence-corrected chi connectivity index (χ2v) is 4.71. The number of para-hydroxylation sites is 1. The maximum absolute atomic E-state index is 5.23. The van der Waals surface area contributed by atoms with Gasteiger partial charge in [0.15, 0.2) is 0 Å². The second-order valence-electron chi connectivity index (χ2n) is 4.71. The topological polar surface area (TPSA) is 26.2 Å². The predicted octanol–water partition coefficient (Wildman–Crippen LogP) is 2.50. The molecule has 1 heterocycles. The normalized spacial score (nSPS) is 15.6. The van der Waals surface area contributed by atoms with E-state index in [-0.39, 0.29) is 0 Å². The van der Waals surface area contributed by atoms with Crippen LogP contribution in [0.25, 0.3) is 10.9 Å². The molecule has 3 rings (SSSR count). The Labute approximate surface area is 101 Å². The summed E-state index contributed by atoms with van der Waals surface area (Å²) in [5, 5.41) is 4.90. The molecule has 1 aromatic carbocycles. The Kier molecular flexibility index (Phi) is 2.87. The number of benzene rings is 1. The lowest BCUT2D eigenvalue weighted by atomic mass is 10.2. The summed E-state index contributed by atoms with van der Waals surface area (Å²) in [6, 6.07) is 9.26. The first-order valence-electron chi connectivity index (χ1n) is 6.17. The molecule has 0 bridgehead atoms. The minimum Gasteiger partial charge on any atom is -0.364 e. The number of nitrogens with zero attached hydrogens (tertiary/aromatic N) is 1. The van der Waals surface area contributed by atoms with Gasteiger partial charge in [0.2, 0.25) is 0 Å². The highest BCUT2D eigenvalue weighted by Crippen LogP contribution is 2.24. The Morgan fingerprint density at radius 1 is 1.35 bits per heavy atom. The lowest BCUT2D eigenvalue weighted by molar-refractivity contribution is 0.134. The Morgan fingerprint density at radius 2 is 2.18 bits per heavy atom. The number of hydrogen-bond donors (Lipinski definition) is 1. The molecule has 1 N–H and O–H groups in total. The van der Waals surface area contributed by atoms with Gasteiger partial charge in [-0.3, -0.25) is 0 Å². The van der Waals surface area contributed by atoms with E-state index < -0.39 is 0 Å². The van der Waals surface area contributed by atoms with Crippen LogP contribution in [0.15, 0.2) is 30.5 Å². The molecule has 90 valence electrons. The average Bonchev–Trinajstić information content (AvgIpc) is 3.12. The third kappa shape index (κ3) is 2.21. The number of hydrogen-bond acceptors (Lipinski definition) is 2. The van der Waals surface area contributed by atoms with Crippen LogP contribution in [0.5, 0.6) is 0 Å². The number of methoxy groups -OCH3 is 1. The van der Waals surface area contributed by atoms with Crippen molar-refractivity contribution in [1.82, 2.24) is 9.88 Å². The molecule has 0 spiro atoms. The molecule has 0 saturated heterocycles. The molecule has 1 saturated carbocycles. The van der Waals surface area contributed by atoms with Gasteiger partial charge in [-0.25, -0.2) is 0 Å². The molecule has 2 aromatic rings. The Balaban J connectivity index is 1.92. The number of ether oxygens (including phenoxy) is 1.